The Balaban J connectivity index is 2.01. The van der Waals surface area contributed by atoms with Crippen molar-refractivity contribution in [3.8, 4) is 0 Å². The summed E-state index contributed by atoms with van der Waals surface area (Å²) < 4.78 is 13.9. The molecule has 0 radical (unpaired) electrons. The zero-order valence-corrected chi connectivity index (χ0v) is 12.3. The van der Waals surface area contributed by atoms with Gasteiger partial charge >= 0.3 is 0 Å². The Hall–Kier alpha value is -1.94. The van der Waals surface area contributed by atoms with Gasteiger partial charge in [0.05, 0.1) is 0 Å². The second-order valence-electron chi connectivity index (χ2n) is 5.75. The van der Waals surface area contributed by atoms with Gasteiger partial charge in [0.1, 0.15) is 5.82 Å². The monoisotopic (exact) mass is 286 g/mol. The maximum atomic E-state index is 13.9. The van der Waals surface area contributed by atoms with Crippen LogP contribution in [0.5, 0.6) is 0 Å². The van der Waals surface area contributed by atoms with Crippen molar-refractivity contribution in [3.05, 3.63) is 47.8 Å². The molecule has 110 valence electrons. The fourth-order valence-electron chi connectivity index (χ4n) is 3.04. The predicted octanol–water partition coefficient (Wildman–Crippen LogP) is 2.76. The van der Waals surface area contributed by atoms with E-state index in [4.69, 9.17) is 0 Å². The first-order valence-electron chi connectivity index (χ1n) is 7.24. The molecular weight excluding hydrogens is 267 g/mol. The van der Waals surface area contributed by atoms with Crippen molar-refractivity contribution in [3.63, 3.8) is 0 Å². The highest BCUT2D eigenvalue weighted by Gasteiger charge is 2.27. The fraction of sp³-hybridized carbons (Fsp3) is 0.353. The van der Waals surface area contributed by atoms with Crippen molar-refractivity contribution < 1.29 is 9.18 Å². The molecule has 1 atom stereocenters. The number of fused-ring (bicyclic) bond motifs is 1. The third-order valence-electron chi connectivity index (χ3n) is 4.19. The lowest BCUT2D eigenvalue weighted by Gasteiger charge is -2.38. The third-order valence-corrected chi connectivity index (χ3v) is 4.19. The highest BCUT2D eigenvalue weighted by atomic mass is 19.1. The number of halogens is 1. The molecule has 1 amide bonds. The zero-order valence-electron chi connectivity index (χ0n) is 12.3. The van der Waals surface area contributed by atoms with Gasteiger partial charge in [-0.05, 0) is 31.5 Å². The Morgan fingerprint density at radius 3 is 2.57 bits per heavy atom. The molecule has 1 fully saturated rings. The minimum atomic E-state index is -0.284. The summed E-state index contributed by atoms with van der Waals surface area (Å²) in [6, 6.07) is 10.3. The number of nitrogens with zero attached hydrogens (tertiary/aromatic N) is 2. The van der Waals surface area contributed by atoms with Crippen LogP contribution in [0, 0.1) is 5.82 Å². The average molecular weight is 286 g/mol. The van der Waals surface area contributed by atoms with Gasteiger partial charge in [-0.25, -0.2) is 4.39 Å². The maximum absolute atomic E-state index is 13.9. The van der Waals surface area contributed by atoms with Crippen LogP contribution in [0.2, 0.25) is 0 Å². The van der Waals surface area contributed by atoms with Crippen LogP contribution in [0.1, 0.15) is 17.3 Å². The molecular formula is C17H19FN2O. The number of likely N-dealkylation sites (N-methyl/N-ethyl adjacent to an activating group) is 1. The summed E-state index contributed by atoms with van der Waals surface area (Å²) in [5.41, 5.74) is 0.586. The smallest absolute Gasteiger partial charge is 0.254 e. The van der Waals surface area contributed by atoms with Gasteiger partial charge in [-0.3, -0.25) is 4.79 Å². The van der Waals surface area contributed by atoms with E-state index in [1.807, 2.05) is 17.0 Å². The molecule has 0 bridgehead atoms. The molecule has 2 aromatic carbocycles. The summed E-state index contributed by atoms with van der Waals surface area (Å²) >= 11 is 0. The van der Waals surface area contributed by atoms with Crippen molar-refractivity contribution in [2.75, 3.05) is 26.7 Å². The molecule has 1 aliphatic rings. The minimum absolute atomic E-state index is 0.00759. The van der Waals surface area contributed by atoms with Gasteiger partial charge in [0.25, 0.3) is 5.91 Å². The lowest BCUT2D eigenvalue weighted by molar-refractivity contribution is 0.0535. The molecule has 1 heterocycles. The molecule has 2 aromatic rings. The van der Waals surface area contributed by atoms with E-state index in [2.05, 4.69) is 18.9 Å². The van der Waals surface area contributed by atoms with Crippen molar-refractivity contribution in [2.45, 2.75) is 13.0 Å². The molecule has 4 heteroatoms. The first-order chi connectivity index (χ1) is 10.1. The zero-order chi connectivity index (χ0) is 15.0. The van der Waals surface area contributed by atoms with Crippen LogP contribution >= 0.6 is 0 Å². The van der Waals surface area contributed by atoms with Crippen LogP contribution in [-0.2, 0) is 0 Å². The molecule has 0 spiro atoms. The van der Waals surface area contributed by atoms with E-state index in [1.54, 1.807) is 18.2 Å². The highest BCUT2D eigenvalue weighted by molar-refractivity contribution is 6.07. The number of carbonyl (C=O) groups excluding carboxylic acids is 1. The molecule has 21 heavy (non-hydrogen) atoms. The second-order valence-corrected chi connectivity index (χ2v) is 5.75. The Bertz CT molecular complexity index is 686. The molecule has 0 saturated carbocycles. The van der Waals surface area contributed by atoms with E-state index in [9.17, 15) is 9.18 Å². The van der Waals surface area contributed by atoms with E-state index in [-0.39, 0.29) is 17.8 Å². The first-order valence-corrected chi connectivity index (χ1v) is 7.24. The number of amides is 1. The van der Waals surface area contributed by atoms with Crippen LogP contribution in [0.25, 0.3) is 10.8 Å². The average Bonchev–Trinajstić information content (AvgIpc) is 2.47. The van der Waals surface area contributed by atoms with Crippen LogP contribution in [0.15, 0.2) is 36.4 Å². The Morgan fingerprint density at radius 1 is 1.14 bits per heavy atom. The molecule has 1 unspecified atom stereocenters. The number of benzene rings is 2. The summed E-state index contributed by atoms with van der Waals surface area (Å²) in [4.78, 5) is 16.9. The van der Waals surface area contributed by atoms with Crippen molar-refractivity contribution >= 4 is 16.7 Å². The molecule has 0 aromatic heterocycles. The molecule has 1 saturated heterocycles. The van der Waals surface area contributed by atoms with Crippen LogP contribution in [-0.4, -0.2) is 48.4 Å². The maximum Gasteiger partial charge on any atom is 0.254 e. The van der Waals surface area contributed by atoms with Gasteiger partial charge in [0, 0.05) is 36.6 Å². The molecule has 3 rings (SSSR count). The van der Waals surface area contributed by atoms with Gasteiger partial charge in [-0.2, -0.15) is 0 Å². The van der Waals surface area contributed by atoms with E-state index < -0.39 is 0 Å². The van der Waals surface area contributed by atoms with E-state index >= 15 is 0 Å². The lowest BCUT2D eigenvalue weighted by atomic mass is 10.0. The number of hydrogen-bond acceptors (Lipinski definition) is 2. The van der Waals surface area contributed by atoms with Gasteiger partial charge in [0.15, 0.2) is 0 Å². The molecule has 0 N–H and O–H groups in total. The molecule has 0 aliphatic carbocycles. The van der Waals surface area contributed by atoms with Crippen LogP contribution < -0.4 is 0 Å². The summed E-state index contributed by atoms with van der Waals surface area (Å²) in [5, 5.41) is 1.19. The fourth-order valence-corrected chi connectivity index (χ4v) is 3.04. The van der Waals surface area contributed by atoms with Gasteiger partial charge in [0.2, 0.25) is 0 Å². The topological polar surface area (TPSA) is 23.6 Å². The van der Waals surface area contributed by atoms with Crippen molar-refractivity contribution in [1.82, 2.24) is 9.80 Å². The van der Waals surface area contributed by atoms with Crippen molar-refractivity contribution in [2.24, 2.45) is 0 Å². The Morgan fingerprint density at radius 2 is 1.86 bits per heavy atom. The van der Waals surface area contributed by atoms with Crippen LogP contribution in [0.4, 0.5) is 4.39 Å². The van der Waals surface area contributed by atoms with E-state index in [0.29, 0.717) is 22.9 Å². The minimum Gasteiger partial charge on any atom is -0.333 e. The number of piperazine rings is 1. The van der Waals surface area contributed by atoms with Crippen LogP contribution in [0.3, 0.4) is 0 Å². The quantitative estimate of drug-likeness (QED) is 0.805. The van der Waals surface area contributed by atoms with Gasteiger partial charge in [-0.1, -0.05) is 24.3 Å². The second kappa shape index (κ2) is 5.45. The largest absolute Gasteiger partial charge is 0.333 e. The van der Waals surface area contributed by atoms with E-state index in [1.165, 1.54) is 6.07 Å². The predicted molar refractivity (Wildman–Crippen MR) is 81.9 cm³/mol. The van der Waals surface area contributed by atoms with Gasteiger partial charge in [-0.15, -0.1) is 0 Å². The summed E-state index contributed by atoms with van der Waals surface area (Å²) in [6.07, 6.45) is 0. The lowest BCUT2D eigenvalue weighted by Crippen LogP contribution is -2.52. The summed E-state index contributed by atoms with van der Waals surface area (Å²) in [7, 11) is 2.06. The van der Waals surface area contributed by atoms with Crippen molar-refractivity contribution in [1.29, 1.82) is 0 Å². The molecule has 1 aliphatic heterocycles. The first kappa shape index (κ1) is 14.0. The number of carbonyl (C=O) groups is 1. The SMILES string of the molecule is CC1CN(C)CCN1C(=O)c1ccc(F)c2ccccc12. The standard InChI is InChI=1S/C17H19FN2O/c1-12-11-19(2)9-10-20(12)17(21)15-7-8-16(18)14-6-4-3-5-13(14)15/h3-8,12H,9-11H2,1-2H3. The number of hydrogen-bond donors (Lipinski definition) is 0. The summed E-state index contributed by atoms with van der Waals surface area (Å²) in [5.74, 6) is -0.291. The molecule has 3 nitrogen and oxygen atoms in total. The Labute approximate surface area is 124 Å². The summed E-state index contributed by atoms with van der Waals surface area (Å²) in [6.45, 7) is 4.50. The third kappa shape index (κ3) is 2.51. The Kier molecular flexibility index (Phi) is 3.64. The normalized spacial score (nSPS) is 20.0. The van der Waals surface area contributed by atoms with Gasteiger partial charge < -0.3 is 9.80 Å². The van der Waals surface area contributed by atoms with E-state index in [0.717, 1.165) is 13.1 Å². The number of rotatable bonds is 1. The highest BCUT2D eigenvalue weighted by Crippen LogP contribution is 2.24.